The molecule has 1 saturated heterocycles. The smallest absolute Gasteiger partial charge is 0.331 e. The molecule has 0 spiro atoms. The second kappa shape index (κ2) is 5.47. The fourth-order valence-electron chi connectivity index (χ4n) is 3.74. The van der Waals surface area contributed by atoms with E-state index in [0.29, 0.717) is 24.7 Å². The first kappa shape index (κ1) is 13.5. The lowest BCUT2D eigenvalue weighted by atomic mass is 9.69. The zero-order valence-electron chi connectivity index (χ0n) is 11.4. The number of rotatable bonds is 3. The summed E-state index contributed by atoms with van der Waals surface area (Å²) in [7, 11) is 0. The number of tetrazole rings is 1. The van der Waals surface area contributed by atoms with Crippen molar-refractivity contribution in [2.24, 2.45) is 11.8 Å². The first-order valence-electron chi connectivity index (χ1n) is 7.27. The van der Waals surface area contributed by atoms with Gasteiger partial charge in [0, 0.05) is 13.2 Å². The van der Waals surface area contributed by atoms with Crippen LogP contribution in [-0.2, 0) is 15.1 Å². The highest BCUT2D eigenvalue weighted by Gasteiger charge is 2.47. The molecule has 2 atom stereocenters. The summed E-state index contributed by atoms with van der Waals surface area (Å²) in [5.74, 6) is 0.175. The Morgan fingerprint density at radius 3 is 2.75 bits per heavy atom. The van der Waals surface area contributed by atoms with Crippen molar-refractivity contribution in [1.29, 1.82) is 0 Å². The Bertz CT molecular complexity index is 458. The third-order valence-corrected chi connectivity index (χ3v) is 4.88. The van der Waals surface area contributed by atoms with E-state index < -0.39 is 11.5 Å². The second-order valence-corrected chi connectivity index (χ2v) is 5.90. The van der Waals surface area contributed by atoms with Crippen molar-refractivity contribution < 1.29 is 14.6 Å². The molecule has 1 aliphatic heterocycles. The number of nitrogens with zero attached hydrogens (tertiary/aromatic N) is 4. The second-order valence-electron chi connectivity index (χ2n) is 5.90. The minimum Gasteiger partial charge on any atom is -0.479 e. The van der Waals surface area contributed by atoms with E-state index in [-0.39, 0.29) is 0 Å². The van der Waals surface area contributed by atoms with Gasteiger partial charge in [-0.25, -0.2) is 9.48 Å². The molecule has 0 aromatic carbocycles. The molecule has 1 N–H and O–H groups in total. The molecule has 1 saturated carbocycles. The van der Waals surface area contributed by atoms with Crippen molar-refractivity contribution in [3.05, 3.63) is 6.33 Å². The zero-order valence-corrected chi connectivity index (χ0v) is 11.4. The van der Waals surface area contributed by atoms with Gasteiger partial charge in [-0.2, -0.15) is 0 Å². The van der Waals surface area contributed by atoms with E-state index in [1.165, 1.54) is 11.0 Å². The normalized spacial score (nSPS) is 32.1. The molecule has 0 amide bonds. The maximum absolute atomic E-state index is 11.9. The Labute approximate surface area is 117 Å². The maximum atomic E-state index is 11.9. The number of carboxylic acids is 1. The summed E-state index contributed by atoms with van der Waals surface area (Å²) in [5.41, 5.74) is -0.968. The van der Waals surface area contributed by atoms with Crippen molar-refractivity contribution in [3.63, 3.8) is 0 Å². The van der Waals surface area contributed by atoms with Crippen LogP contribution in [0, 0.1) is 11.8 Å². The van der Waals surface area contributed by atoms with Gasteiger partial charge in [0.05, 0.1) is 0 Å². The van der Waals surface area contributed by atoms with Crippen LogP contribution in [0.5, 0.6) is 0 Å². The highest BCUT2D eigenvalue weighted by molar-refractivity contribution is 5.76. The number of aromatic nitrogens is 4. The predicted molar refractivity (Wildman–Crippen MR) is 68.9 cm³/mol. The van der Waals surface area contributed by atoms with Gasteiger partial charge < -0.3 is 9.84 Å². The highest BCUT2D eigenvalue weighted by Crippen LogP contribution is 2.43. The van der Waals surface area contributed by atoms with E-state index in [4.69, 9.17) is 4.74 Å². The zero-order chi connectivity index (χ0) is 14.0. The topological polar surface area (TPSA) is 90.1 Å². The summed E-state index contributed by atoms with van der Waals surface area (Å²) in [6.45, 7) is 1.60. The Balaban J connectivity index is 1.82. The molecule has 7 heteroatoms. The first-order valence-corrected chi connectivity index (χ1v) is 7.27. The average molecular weight is 280 g/mol. The molecule has 7 nitrogen and oxygen atoms in total. The van der Waals surface area contributed by atoms with Crippen LogP contribution < -0.4 is 0 Å². The summed E-state index contributed by atoms with van der Waals surface area (Å²) in [4.78, 5) is 11.9. The molecule has 1 aliphatic carbocycles. The molecule has 0 bridgehead atoms. The number of ether oxygens (including phenoxy) is 1. The van der Waals surface area contributed by atoms with Gasteiger partial charge in [0.1, 0.15) is 6.33 Å². The van der Waals surface area contributed by atoms with Crippen LogP contribution in [-0.4, -0.2) is 44.5 Å². The summed E-state index contributed by atoms with van der Waals surface area (Å²) in [5, 5.41) is 20.8. The SMILES string of the molecule is O=C(O)C1(n2cnnn2)CCCC(C2CCOCC2)C1. The number of carbonyl (C=O) groups is 1. The van der Waals surface area contributed by atoms with Gasteiger partial charge in [0.25, 0.3) is 0 Å². The summed E-state index contributed by atoms with van der Waals surface area (Å²) >= 11 is 0. The van der Waals surface area contributed by atoms with E-state index in [1.54, 1.807) is 0 Å². The molecule has 2 aliphatic rings. The minimum atomic E-state index is -0.968. The molecule has 2 unspecified atom stereocenters. The van der Waals surface area contributed by atoms with Gasteiger partial charge in [0.2, 0.25) is 0 Å². The molecule has 2 fully saturated rings. The van der Waals surface area contributed by atoms with Gasteiger partial charge >= 0.3 is 5.97 Å². The predicted octanol–water partition coefficient (Wildman–Crippen LogP) is 1.07. The maximum Gasteiger partial charge on any atom is 0.331 e. The van der Waals surface area contributed by atoms with Crippen LogP contribution in [0.25, 0.3) is 0 Å². The molecule has 3 rings (SSSR count). The third-order valence-electron chi connectivity index (χ3n) is 4.88. The Kier molecular flexibility index (Phi) is 3.69. The van der Waals surface area contributed by atoms with E-state index in [0.717, 1.165) is 38.9 Å². The van der Waals surface area contributed by atoms with Crippen molar-refractivity contribution in [1.82, 2.24) is 20.2 Å². The van der Waals surface area contributed by atoms with Gasteiger partial charge in [-0.3, -0.25) is 0 Å². The van der Waals surface area contributed by atoms with E-state index in [1.807, 2.05) is 0 Å². The largest absolute Gasteiger partial charge is 0.479 e. The third kappa shape index (κ3) is 2.30. The van der Waals surface area contributed by atoms with Crippen molar-refractivity contribution in [2.45, 2.75) is 44.1 Å². The van der Waals surface area contributed by atoms with Gasteiger partial charge in [0.15, 0.2) is 5.54 Å². The standard InChI is InChI=1S/C13H20N4O3/c18-12(19)13(17-9-14-15-16-17)5-1-2-11(8-13)10-3-6-20-7-4-10/h9-11H,1-8H2,(H,18,19). The Morgan fingerprint density at radius 2 is 2.10 bits per heavy atom. The van der Waals surface area contributed by atoms with Crippen LogP contribution in [0.15, 0.2) is 6.33 Å². The highest BCUT2D eigenvalue weighted by atomic mass is 16.5. The van der Waals surface area contributed by atoms with Crippen LogP contribution in [0.4, 0.5) is 0 Å². The number of aliphatic carboxylic acids is 1. The average Bonchev–Trinajstić information content (AvgIpc) is 3.03. The molecule has 1 aromatic heterocycles. The lowest BCUT2D eigenvalue weighted by molar-refractivity contribution is -0.152. The number of carboxylic acid groups (broad SMARTS) is 1. The number of hydrogen-bond acceptors (Lipinski definition) is 5. The summed E-state index contributed by atoms with van der Waals surface area (Å²) < 4.78 is 6.85. The minimum absolute atomic E-state index is 0.424. The molecule has 0 radical (unpaired) electrons. The Morgan fingerprint density at radius 1 is 1.30 bits per heavy atom. The van der Waals surface area contributed by atoms with Crippen LogP contribution in [0.3, 0.4) is 0 Å². The Hall–Kier alpha value is -1.50. The molecule has 110 valence electrons. The fraction of sp³-hybridized carbons (Fsp3) is 0.846. The summed E-state index contributed by atoms with van der Waals surface area (Å²) in [6.07, 6.45) is 6.74. The monoisotopic (exact) mass is 280 g/mol. The van der Waals surface area contributed by atoms with Crippen LogP contribution in [0.2, 0.25) is 0 Å². The van der Waals surface area contributed by atoms with Gasteiger partial charge in [-0.05, 0) is 54.4 Å². The molecule has 1 aromatic rings. The van der Waals surface area contributed by atoms with Gasteiger partial charge in [-0.15, -0.1) is 5.10 Å². The van der Waals surface area contributed by atoms with E-state index in [2.05, 4.69) is 15.5 Å². The van der Waals surface area contributed by atoms with Crippen molar-refractivity contribution >= 4 is 5.97 Å². The lowest BCUT2D eigenvalue weighted by Gasteiger charge is -2.41. The first-order chi connectivity index (χ1) is 9.72. The van der Waals surface area contributed by atoms with Gasteiger partial charge in [-0.1, -0.05) is 6.42 Å². The quantitative estimate of drug-likeness (QED) is 0.890. The van der Waals surface area contributed by atoms with Crippen LogP contribution >= 0.6 is 0 Å². The van der Waals surface area contributed by atoms with E-state index >= 15 is 0 Å². The fourth-order valence-corrected chi connectivity index (χ4v) is 3.74. The molecule has 20 heavy (non-hydrogen) atoms. The van der Waals surface area contributed by atoms with Crippen molar-refractivity contribution in [2.75, 3.05) is 13.2 Å². The summed E-state index contributed by atoms with van der Waals surface area (Å²) in [6, 6.07) is 0. The van der Waals surface area contributed by atoms with Crippen molar-refractivity contribution in [3.8, 4) is 0 Å². The molecule has 2 heterocycles. The van der Waals surface area contributed by atoms with E-state index in [9.17, 15) is 9.90 Å². The molecular formula is C13H20N4O3. The van der Waals surface area contributed by atoms with Crippen LogP contribution in [0.1, 0.15) is 38.5 Å². The lowest BCUT2D eigenvalue weighted by Crippen LogP contribution is -2.47. The molecular weight excluding hydrogens is 260 g/mol. The number of hydrogen-bond donors (Lipinski definition) is 1.